The van der Waals surface area contributed by atoms with Crippen molar-refractivity contribution in [3.8, 4) is 0 Å². The van der Waals surface area contributed by atoms with E-state index in [1.54, 1.807) is 12.1 Å². The summed E-state index contributed by atoms with van der Waals surface area (Å²) in [6.07, 6.45) is 6.96. The second kappa shape index (κ2) is 6.35. The Bertz CT molecular complexity index is 623. The molecule has 1 aromatic carbocycles. The van der Waals surface area contributed by atoms with Gasteiger partial charge < -0.3 is 4.57 Å². The predicted octanol–water partition coefficient (Wildman–Crippen LogP) is 5.10. The molecular formula is C17H22ClFN2. The van der Waals surface area contributed by atoms with E-state index in [1.807, 2.05) is 0 Å². The highest BCUT2D eigenvalue weighted by molar-refractivity contribution is 6.17. The number of rotatable bonds is 3. The first-order chi connectivity index (χ1) is 10.2. The molecular weight excluding hydrogens is 287 g/mol. The minimum absolute atomic E-state index is 0.192. The molecule has 1 heterocycles. The first-order valence-corrected chi connectivity index (χ1v) is 8.46. The van der Waals surface area contributed by atoms with E-state index in [-0.39, 0.29) is 5.82 Å². The summed E-state index contributed by atoms with van der Waals surface area (Å²) < 4.78 is 16.0. The number of aryl methyl sites for hydroxylation is 1. The topological polar surface area (TPSA) is 17.8 Å². The molecule has 0 amide bonds. The van der Waals surface area contributed by atoms with Crippen molar-refractivity contribution in [2.75, 3.05) is 5.88 Å². The van der Waals surface area contributed by atoms with Crippen molar-refractivity contribution in [3.05, 3.63) is 29.8 Å². The second-order valence-corrected chi connectivity index (χ2v) is 6.53. The van der Waals surface area contributed by atoms with E-state index in [0.29, 0.717) is 17.8 Å². The molecule has 1 aromatic heterocycles. The Hall–Kier alpha value is -1.09. The Morgan fingerprint density at radius 3 is 2.90 bits per heavy atom. The van der Waals surface area contributed by atoms with Crippen molar-refractivity contribution >= 4 is 22.6 Å². The molecule has 0 spiro atoms. The van der Waals surface area contributed by atoms with Crippen LogP contribution >= 0.6 is 11.6 Å². The van der Waals surface area contributed by atoms with Crippen LogP contribution in [0.2, 0.25) is 0 Å². The molecule has 0 N–H and O–H groups in total. The summed E-state index contributed by atoms with van der Waals surface area (Å²) >= 11 is 5.95. The number of fused-ring (bicyclic) bond motifs is 1. The quantitative estimate of drug-likeness (QED) is 0.570. The van der Waals surface area contributed by atoms with Gasteiger partial charge in [-0.15, -0.1) is 11.6 Å². The van der Waals surface area contributed by atoms with E-state index in [2.05, 4.69) is 11.5 Å². The summed E-state index contributed by atoms with van der Waals surface area (Å²) in [5.74, 6) is 1.96. The molecule has 3 rings (SSSR count). The maximum absolute atomic E-state index is 13.7. The summed E-state index contributed by atoms with van der Waals surface area (Å²) in [5.41, 5.74) is 1.81. The van der Waals surface area contributed by atoms with Crippen LogP contribution in [0.4, 0.5) is 4.39 Å². The molecule has 2 unspecified atom stereocenters. The molecule has 0 aliphatic heterocycles. The summed E-state index contributed by atoms with van der Waals surface area (Å²) in [5, 5.41) is 0. The number of benzene rings is 1. The van der Waals surface area contributed by atoms with Gasteiger partial charge in [0.25, 0.3) is 0 Å². The first-order valence-electron chi connectivity index (χ1n) is 7.93. The maximum atomic E-state index is 13.7. The molecule has 2 aromatic rings. The van der Waals surface area contributed by atoms with Gasteiger partial charge in [-0.05, 0) is 37.0 Å². The number of hydrogen-bond donors (Lipinski definition) is 0. The van der Waals surface area contributed by atoms with Crippen LogP contribution < -0.4 is 0 Å². The minimum Gasteiger partial charge on any atom is -0.324 e. The van der Waals surface area contributed by atoms with Crippen molar-refractivity contribution in [2.45, 2.75) is 51.5 Å². The maximum Gasteiger partial charge on any atom is 0.125 e. The molecule has 0 radical (unpaired) electrons. The standard InChI is InChI=1S/C17H22ClFN2/c1-12-5-3-2-4-6-15(12)21-16-11-13(19)7-8-14(16)20-17(21)9-10-18/h7-8,11-12,15H,2-6,9-10H2,1H3. The fourth-order valence-corrected chi connectivity index (χ4v) is 3.77. The fraction of sp³-hybridized carbons (Fsp3) is 0.588. The zero-order valence-corrected chi connectivity index (χ0v) is 13.2. The van der Waals surface area contributed by atoms with Gasteiger partial charge >= 0.3 is 0 Å². The van der Waals surface area contributed by atoms with Crippen molar-refractivity contribution in [1.29, 1.82) is 0 Å². The van der Waals surface area contributed by atoms with E-state index in [9.17, 15) is 4.39 Å². The molecule has 114 valence electrons. The van der Waals surface area contributed by atoms with Gasteiger partial charge in [-0.1, -0.05) is 26.2 Å². The smallest absolute Gasteiger partial charge is 0.125 e. The molecule has 1 aliphatic rings. The Morgan fingerprint density at radius 2 is 2.10 bits per heavy atom. The average Bonchev–Trinajstić information content (AvgIpc) is 2.66. The van der Waals surface area contributed by atoms with Crippen molar-refractivity contribution in [1.82, 2.24) is 9.55 Å². The van der Waals surface area contributed by atoms with Crippen LogP contribution in [0, 0.1) is 11.7 Å². The lowest BCUT2D eigenvalue weighted by molar-refractivity contribution is 0.333. The molecule has 1 saturated carbocycles. The highest BCUT2D eigenvalue weighted by Gasteiger charge is 2.25. The van der Waals surface area contributed by atoms with Gasteiger partial charge in [0.05, 0.1) is 11.0 Å². The van der Waals surface area contributed by atoms with E-state index < -0.39 is 0 Å². The first kappa shape index (κ1) is 14.8. The normalized spacial score (nSPS) is 23.4. The average molecular weight is 309 g/mol. The largest absolute Gasteiger partial charge is 0.324 e. The van der Waals surface area contributed by atoms with Crippen LogP contribution in [0.25, 0.3) is 11.0 Å². The van der Waals surface area contributed by atoms with E-state index in [1.165, 1.54) is 31.7 Å². The molecule has 0 bridgehead atoms. The van der Waals surface area contributed by atoms with Crippen LogP contribution in [0.15, 0.2) is 18.2 Å². The van der Waals surface area contributed by atoms with Gasteiger partial charge in [-0.2, -0.15) is 0 Å². The number of imidazole rings is 1. The molecule has 1 fully saturated rings. The van der Waals surface area contributed by atoms with Gasteiger partial charge in [0.2, 0.25) is 0 Å². The zero-order chi connectivity index (χ0) is 14.8. The Morgan fingerprint density at radius 1 is 1.29 bits per heavy atom. The van der Waals surface area contributed by atoms with Crippen LogP contribution in [-0.4, -0.2) is 15.4 Å². The third-order valence-corrected chi connectivity index (χ3v) is 4.88. The number of alkyl halides is 1. The molecule has 2 nitrogen and oxygen atoms in total. The molecule has 1 aliphatic carbocycles. The SMILES string of the molecule is CC1CCCCCC1n1c(CCCl)nc2ccc(F)cc21. The third-order valence-electron chi connectivity index (χ3n) is 4.69. The lowest BCUT2D eigenvalue weighted by Gasteiger charge is -2.25. The highest BCUT2D eigenvalue weighted by Crippen LogP contribution is 2.36. The van der Waals surface area contributed by atoms with E-state index >= 15 is 0 Å². The highest BCUT2D eigenvalue weighted by atomic mass is 35.5. The summed E-state index contributed by atoms with van der Waals surface area (Å²) in [6.45, 7) is 2.31. The Balaban J connectivity index is 2.12. The molecule has 0 saturated heterocycles. The van der Waals surface area contributed by atoms with Crippen molar-refractivity contribution in [2.24, 2.45) is 5.92 Å². The summed E-state index contributed by atoms with van der Waals surface area (Å²) in [4.78, 5) is 4.70. The van der Waals surface area contributed by atoms with Crippen molar-refractivity contribution in [3.63, 3.8) is 0 Å². The number of aromatic nitrogens is 2. The Kier molecular flexibility index (Phi) is 4.48. The Labute approximate surface area is 130 Å². The van der Waals surface area contributed by atoms with Gasteiger partial charge in [0.1, 0.15) is 11.6 Å². The lowest BCUT2D eigenvalue weighted by Crippen LogP contribution is -2.19. The predicted molar refractivity (Wildman–Crippen MR) is 85.4 cm³/mol. The van der Waals surface area contributed by atoms with Crippen LogP contribution in [0.5, 0.6) is 0 Å². The zero-order valence-electron chi connectivity index (χ0n) is 12.5. The molecule has 2 atom stereocenters. The fourth-order valence-electron chi connectivity index (χ4n) is 3.60. The number of halogens is 2. The van der Waals surface area contributed by atoms with Gasteiger partial charge in [-0.3, -0.25) is 0 Å². The van der Waals surface area contributed by atoms with E-state index in [4.69, 9.17) is 16.6 Å². The van der Waals surface area contributed by atoms with Gasteiger partial charge in [-0.25, -0.2) is 9.37 Å². The monoisotopic (exact) mass is 308 g/mol. The van der Waals surface area contributed by atoms with Crippen LogP contribution in [0.1, 0.15) is 50.9 Å². The summed E-state index contributed by atoms with van der Waals surface area (Å²) in [7, 11) is 0. The minimum atomic E-state index is -0.192. The second-order valence-electron chi connectivity index (χ2n) is 6.15. The lowest BCUT2D eigenvalue weighted by atomic mass is 9.96. The number of nitrogens with zero attached hydrogens (tertiary/aromatic N) is 2. The molecule has 21 heavy (non-hydrogen) atoms. The van der Waals surface area contributed by atoms with E-state index in [0.717, 1.165) is 29.7 Å². The van der Waals surface area contributed by atoms with Crippen LogP contribution in [-0.2, 0) is 6.42 Å². The molecule has 4 heteroatoms. The summed E-state index contributed by atoms with van der Waals surface area (Å²) in [6, 6.07) is 5.30. The van der Waals surface area contributed by atoms with Gasteiger partial charge in [0.15, 0.2) is 0 Å². The number of hydrogen-bond acceptors (Lipinski definition) is 1. The van der Waals surface area contributed by atoms with Crippen molar-refractivity contribution < 1.29 is 4.39 Å². The third kappa shape index (κ3) is 2.94. The van der Waals surface area contributed by atoms with Crippen LogP contribution in [0.3, 0.4) is 0 Å². The van der Waals surface area contributed by atoms with Gasteiger partial charge in [0, 0.05) is 18.3 Å².